The molecular formula is C7H7F3O4. The largest absolute Gasteiger partial charge is 0.453 e. The van der Waals surface area contributed by atoms with E-state index < -0.39 is 24.7 Å². The third-order valence-corrected chi connectivity index (χ3v) is 0.866. The molecule has 80 valence electrons. The monoisotopic (exact) mass is 212 g/mol. The summed E-state index contributed by atoms with van der Waals surface area (Å²) in [5.41, 5.74) is 0. The van der Waals surface area contributed by atoms with Crippen LogP contribution in [-0.4, -0.2) is 31.3 Å². The van der Waals surface area contributed by atoms with Gasteiger partial charge in [-0.05, 0) is 0 Å². The summed E-state index contributed by atoms with van der Waals surface area (Å²) in [4.78, 5) is 21.0. The zero-order valence-electron chi connectivity index (χ0n) is 6.97. The smallest absolute Gasteiger partial charge is 0.422 e. The summed E-state index contributed by atoms with van der Waals surface area (Å²) in [5, 5.41) is 0. The van der Waals surface area contributed by atoms with Crippen molar-refractivity contribution in [3.05, 3.63) is 12.7 Å². The lowest BCUT2D eigenvalue weighted by atomic mass is 10.6. The predicted octanol–water partition coefficient (Wildman–Crippen LogP) is 0.821. The molecule has 0 spiro atoms. The van der Waals surface area contributed by atoms with Crippen molar-refractivity contribution in [1.82, 2.24) is 0 Å². The minimum absolute atomic E-state index is 0.264. The van der Waals surface area contributed by atoms with Crippen molar-refractivity contribution in [2.45, 2.75) is 6.18 Å². The normalized spacial score (nSPS) is 10.5. The van der Waals surface area contributed by atoms with Gasteiger partial charge in [0.15, 0.2) is 6.61 Å². The van der Waals surface area contributed by atoms with Crippen LogP contribution in [-0.2, 0) is 19.1 Å². The molecule has 0 aromatic carbocycles. The van der Waals surface area contributed by atoms with E-state index in [-0.39, 0.29) is 6.61 Å². The summed E-state index contributed by atoms with van der Waals surface area (Å²) in [6, 6.07) is 0. The molecule has 0 unspecified atom stereocenters. The van der Waals surface area contributed by atoms with E-state index in [4.69, 9.17) is 0 Å². The van der Waals surface area contributed by atoms with Gasteiger partial charge in [-0.15, -0.1) is 0 Å². The maximum absolute atomic E-state index is 11.5. The SMILES string of the molecule is C=CCOC(=O)C(=O)OCC(F)(F)F. The quantitative estimate of drug-likeness (QED) is 0.395. The molecule has 4 nitrogen and oxygen atoms in total. The predicted molar refractivity (Wildman–Crippen MR) is 38.2 cm³/mol. The molecule has 0 heterocycles. The topological polar surface area (TPSA) is 52.6 Å². The van der Waals surface area contributed by atoms with Gasteiger partial charge < -0.3 is 9.47 Å². The van der Waals surface area contributed by atoms with Crippen LogP contribution in [0.2, 0.25) is 0 Å². The van der Waals surface area contributed by atoms with Gasteiger partial charge in [-0.3, -0.25) is 0 Å². The number of carbonyl (C=O) groups excluding carboxylic acids is 2. The molecule has 0 aromatic rings. The number of hydrogen-bond acceptors (Lipinski definition) is 4. The van der Waals surface area contributed by atoms with Gasteiger partial charge >= 0.3 is 18.1 Å². The summed E-state index contributed by atoms with van der Waals surface area (Å²) in [5.74, 6) is -3.15. The van der Waals surface area contributed by atoms with Crippen molar-refractivity contribution in [2.24, 2.45) is 0 Å². The highest BCUT2D eigenvalue weighted by molar-refractivity contribution is 6.29. The standard InChI is InChI=1S/C7H7F3O4/c1-2-3-13-5(11)6(12)14-4-7(8,9)10/h2H,1,3-4H2. The second-order valence-corrected chi connectivity index (χ2v) is 2.08. The Morgan fingerprint density at radius 2 is 1.71 bits per heavy atom. The van der Waals surface area contributed by atoms with Crippen LogP contribution in [0.15, 0.2) is 12.7 Å². The molecule has 0 rings (SSSR count). The maximum Gasteiger partial charge on any atom is 0.422 e. The van der Waals surface area contributed by atoms with Crippen molar-refractivity contribution in [3.8, 4) is 0 Å². The minimum Gasteiger partial charge on any atom is -0.453 e. The first-order chi connectivity index (χ1) is 6.37. The summed E-state index contributed by atoms with van der Waals surface area (Å²) in [7, 11) is 0. The van der Waals surface area contributed by atoms with E-state index in [9.17, 15) is 22.8 Å². The molecular weight excluding hydrogens is 205 g/mol. The number of ether oxygens (including phenoxy) is 2. The summed E-state index contributed by atoms with van der Waals surface area (Å²) >= 11 is 0. The van der Waals surface area contributed by atoms with Gasteiger partial charge in [0.25, 0.3) is 0 Å². The lowest BCUT2D eigenvalue weighted by Crippen LogP contribution is -2.26. The van der Waals surface area contributed by atoms with Crippen LogP contribution in [0.3, 0.4) is 0 Å². The van der Waals surface area contributed by atoms with Gasteiger partial charge in [-0.25, -0.2) is 9.59 Å². The molecule has 0 aliphatic heterocycles. The molecule has 7 heteroatoms. The fourth-order valence-electron chi connectivity index (χ4n) is 0.400. The van der Waals surface area contributed by atoms with E-state index >= 15 is 0 Å². The Labute approximate surface area is 77.3 Å². The van der Waals surface area contributed by atoms with Gasteiger partial charge in [0.05, 0.1) is 0 Å². The van der Waals surface area contributed by atoms with E-state index in [2.05, 4.69) is 16.1 Å². The fraction of sp³-hybridized carbons (Fsp3) is 0.429. The van der Waals surface area contributed by atoms with Crippen LogP contribution in [0.5, 0.6) is 0 Å². The molecule has 0 aromatic heterocycles. The first kappa shape index (κ1) is 12.5. The lowest BCUT2D eigenvalue weighted by molar-refractivity contribution is -0.192. The second kappa shape index (κ2) is 5.25. The van der Waals surface area contributed by atoms with Gasteiger partial charge in [-0.1, -0.05) is 12.7 Å². The first-order valence-electron chi connectivity index (χ1n) is 3.38. The zero-order valence-corrected chi connectivity index (χ0v) is 6.97. The summed E-state index contributed by atoms with van der Waals surface area (Å²) < 4.78 is 42.2. The second-order valence-electron chi connectivity index (χ2n) is 2.08. The molecule has 0 atom stereocenters. The zero-order chi connectivity index (χ0) is 11.2. The molecule has 0 N–H and O–H groups in total. The Balaban J connectivity index is 3.85. The molecule has 0 saturated heterocycles. The fourth-order valence-corrected chi connectivity index (χ4v) is 0.400. The molecule has 0 fully saturated rings. The number of esters is 2. The number of rotatable bonds is 3. The minimum atomic E-state index is -4.66. The van der Waals surface area contributed by atoms with Gasteiger partial charge in [-0.2, -0.15) is 13.2 Å². The number of alkyl halides is 3. The summed E-state index contributed by atoms with van der Waals surface area (Å²) in [6.07, 6.45) is -3.50. The summed E-state index contributed by atoms with van der Waals surface area (Å²) in [6.45, 7) is 1.09. The number of hydrogen-bond donors (Lipinski definition) is 0. The highest BCUT2D eigenvalue weighted by atomic mass is 19.4. The number of carbonyl (C=O) groups is 2. The molecule has 0 radical (unpaired) electrons. The molecule has 0 aliphatic rings. The third-order valence-electron chi connectivity index (χ3n) is 0.866. The molecule has 0 amide bonds. The highest BCUT2D eigenvalue weighted by Gasteiger charge is 2.31. The van der Waals surface area contributed by atoms with Crippen molar-refractivity contribution in [1.29, 1.82) is 0 Å². The van der Waals surface area contributed by atoms with Crippen LogP contribution in [0.25, 0.3) is 0 Å². The molecule has 0 saturated carbocycles. The van der Waals surface area contributed by atoms with Crippen LogP contribution in [0, 0.1) is 0 Å². The van der Waals surface area contributed by atoms with Crippen LogP contribution in [0.1, 0.15) is 0 Å². The first-order valence-corrected chi connectivity index (χ1v) is 3.38. The Morgan fingerprint density at radius 1 is 1.21 bits per heavy atom. The third kappa shape index (κ3) is 6.04. The average Bonchev–Trinajstić information content (AvgIpc) is 2.09. The van der Waals surface area contributed by atoms with Gasteiger partial charge in [0.2, 0.25) is 0 Å². The van der Waals surface area contributed by atoms with E-state index in [0.29, 0.717) is 0 Å². The van der Waals surface area contributed by atoms with Crippen LogP contribution < -0.4 is 0 Å². The molecule has 0 bridgehead atoms. The van der Waals surface area contributed by atoms with Crippen LogP contribution >= 0.6 is 0 Å². The average molecular weight is 212 g/mol. The van der Waals surface area contributed by atoms with Crippen LogP contribution in [0.4, 0.5) is 13.2 Å². The Kier molecular flexibility index (Phi) is 4.68. The van der Waals surface area contributed by atoms with Crippen molar-refractivity contribution in [2.75, 3.05) is 13.2 Å². The Morgan fingerprint density at radius 3 is 2.14 bits per heavy atom. The lowest BCUT2D eigenvalue weighted by Gasteiger charge is -2.06. The Bertz CT molecular complexity index is 234. The van der Waals surface area contributed by atoms with Crippen molar-refractivity contribution in [3.63, 3.8) is 0 Å². The van der Waals surface area contributed by atoms with E-state index in [1.165, 1.54) is 0 Å². The maximum atomic E-state index is 11.5. The van der Waals surface area contributed by atoms with E-state index in [1.807, 2.05) is 0 Å². The number of halogens is 3. The molecule has 14 heavy (non-hydrogen) atoms. The van der Waals surface area contributed by atoms with Crippen molar-refractivity contribution < 1.29 is 32.2 Å². The van der Waals surface area contributed by atoms with E-state index in [1.54, 1.807) is 0 Å². The van der Waals surface area contributed by atoms with E-state index in [0.717, 1.165) is 6.08 Å². The van der Waals surface area contributed by atoms with Gasteiger partial charge in [0.1, 0.15) is 6.61 Å². The van der Waals surface area contributed by atoms with Crippen molar-refractivity contribution >= 4 is 11.9 Å². The highest BCUT2D eigenvalue weighted by Crippen LogP contribution is 2.14. The Hall–Kier alpha value is -1.53. The van der Waals surface area contributed by atoms with Gasteiger partial charge in [0, 0.05) is 0 Å². The molecule has 0 aliphatic carbocycles.